The van der Waals surface area contributed by atoms with Crippen LogP contribution >= 0.6 is 0 Å². The van der Waals surface area contributed by atoms with Crippen LogP contribution in [0.2, 0.25) is 0 Å². The maximum atomic E-state index is 15.1. The number of carboxylic acid groups (broad SMARTS) is 12. The molecule has 113 heavy (non-hydrogen) atoms. The van der Waals surface area contributed by atoms with Crippen molar-refractivity contribution in [2.24, 2.45) is 17.8 Å². The van der Waals surface area contributed by atoms with E-state index in [2.05, 4.69) is 16.0 Å². The van der Waals surface area contributed by atoms with Gasteiger partial charge in [0.05, 0.1) is 279 Å². The fraction of sp³-hybridized carbons (Fsp3) is 0.779. The number of nitrogens with zero attached hydrogens (tertiary/aromatic N) is 3. The van der Waals surface area contributed by atoms with Gasteiger partial charge in [0, 0.05) is 43.9 Å². The molecule has 0 aromatic carbocycles. The number of carbonyl (C=O) groups excluding carboxylic acids is 3. The molecule has 1 rings (SSSR count). The molecule has 1 fully saturated rings. The van der Waals surface area contributed by atoms with E-state index in [1.807, 2.05) is 0 Å². The molecule has 0 saturated heterocycles. The third-order valence-corrected chi connectivity index (χ3v) is 16.7. The summed E-state index contributed by atoms with van der Waals surface area (Å²) in [5.41, 5.74) is 0. The lowest BCUT2D eigenvalue weighted by Gasteiger charge is -2.39. The van der Waals surface area contributed by atoms with Crippen molar-refractivity contribution < 1.29 is 190 Å². The first-order chi connectivity index (χ1) is 53.8. The van der Waals surface area contributed by atoms with E-state index in [-0.39, 0.29) is 178 Å². The zero-order valence-corrected chi connectivity index (χ0v) is 63.0. The van der Waals surface area contributed by atoms with Crippen LogP contribution in [-0.2, 0) is 129 Å². The summed E-state index contributed by atoms with van der Waals surface area (Å²) < 4.78 is 69.0. The van der Waals surface area contributed by atoms with Crippen LogP contribution in [0.1, 0.15) is 96.3 Å². The number of carbonyl (C=O) groups is 15. The molecule has 0 bridgehead atoms. The highest BCUT2D eigenvalue weighted by Crippen LogP contribution is 2.34. The second-order valence-corrected chi connectivity index (χ2v) is 25.6. The number of amides is 3. The number of aliphatic carboxylic acids is 12. The third-order valence-electron chi connectivity index (χ3n) is 16.7. The Hall–Kier alpha value is -8.55. The van der Waals surface area contributed by atoms with Gasteiger partial charge in [0.2, 0.25) is 17.7 Å². The van der Waals surface area contributed by atoms with Gasteiger partial charge < -0.3 is 134 Å². The summed E-state index contributed by atoms with van der Waals surface area (Å²) in [7, 11) is 0. The molecular formula is C68H112N6O39. The van der Waals surface area contributed by atoms with Crippen molar-refractivity contribution in [3.63, 3.8) is 0 Å². The Morgan fingerprint density at radius 3 is 0.522 bits per heavy atom. The molecule has 2 unspecified atom stereocenters. The molecule has 0 aliphatic heterocycles. The van der Waals surface area contributed by atoms with Crippen molar-refractivity contribution >= 4 is 89.4 Å². The number of nitrogens with one attached hydrogen (secondary N) is 3. The second kappa shape index (κ2) is 62.8. The monoisotopic (exact) mass is 1640 g/mol. The fourth-order valence-corrected chi connectivity index (χ4v) is 11.0. The maximum absolute atomic E-state index is 15.1. The van der Waals surface area contributed by atoms with Gasteiger partial charge in [-0.15, -0.1) is 0 Å². The quantitative estimate of drug-likeness (QED) is 0.0218. The van der Waals surface area contributed by atoms with E-state index in [1.165, 1.54) is 4.90 Å². The van der Waals surface area contributed by atoms with Crippen molar-refractivity contribution in [3.05, 3.63) is 0 Å². The average molecular weight is 1640 g/mol. The highest BCUT2D eigenvalue weighted by Gasteiger charge is 2.41. The first-order valence-electron chi connectivity index (χ1n) is 36.4. The normalized spacial score (nSPS) is 14.4. The van der Waals surface area contributed by atoms with Crippen molar-refractivity contribution in [1.29, 1.82) is 0 Å². The summed E-state index contributed by atoms with van der Waals surface area (Å²) in [4.78, 5) is 188. The number of hydrogen-bond donors (Lipinski definition) is 15. The van der Waals surface area contributed by atoms with Crippen LogP contribution in [-0.4, -0.2) is 393 Å². The van der Waals surface area contributed by atoms with E-state index < -0.39 is 254 Å². The molecule has 3 amide bonds. The smallest absolute Gasteiger partial charge is 0.305 e. The number of ether oxygens (including phenoxy) is 12. The van der Waals surface area contributed by atoms with Crippen molar-refractivity contribution in [3.8, 4) is 0 Å². The summed E-state index contributed by atoms with van der Waals surface area (Å²) in [5, 5.41) is 122. The van der Waals surface area contributed by atoms with Gasteiger partial charge in [0.1, 0.15) is 0 Å². The molecule has 1 aliphatic carbocycles. The second-order valence-electron chi connectivity index (χ2n) is 25.6. The van der Waals surface area contributed by atoms with Crippen LogP contribution in [0, 0.1) is 17.8 Å². The van der Waals surface area contributed by atoms with Crippen molar-refractivity contribution in [1.82, 2.24) is 30.7 Å². The van der Waals surface area contributed by atoms with Gasteiger partial charge in [0.15, 0.2) is 0 Å². The predicted molar refractivity (Wildman–Crippen MR) is 378 cm³/mol. The van der Waals surface area contributed by atoms with E-state index in [9.17, 15) is 128 Å². The van der Waals surface area contributed by atoms with Gasteiger partial charge >= 0.3 is 71.6 Å². The zero-order chi connectivity index (χ0) is 84.3. The van der Waals surface area contributed by atoms with Gasteiger partial charge in [-0.25, -0.2) is 0 Å². The lowest BCUT2D eigenvalue weighted by atomic mass is 9.74. The molecule has 0 aromatic heterocycles. The summed E-state index contributed by atoms with van der Waals surface area (Å²) >= 11 is 0. The number of rotatable bonds is 77. The largest absolute Gasteiger partial charge is 0.481 e. The SMILES string of the molecule is O=C(O)CCOCC(COCCC(=O)O)N(CCNC(=O)C1CC(C(=O)NCCN(C(COCCC(=O)O)COCCC(=O)O)C(COCCC(=O)O)COCCC(=O)O)CC(C(=O)NCN(C(COCCC(=O)O)COCCC(=O)O)C(COCCC(=O)O)COCCC(=O)O)C1)C(COCCC(=O)O)COCCC(=O)O. The molecule has 0 radical (unpaired) electrons. The number of carboxylic acids is 12. The molecule has 15 N–H and O–H groups in total. The summed E-state index contributed by atoms with van der Waals surface area (Å²) in [6.07, 6.45) is -6.58. The topological polar surface area (TPSA) is 655 Å². The van der Waals surface area contributed by atoms with Crippen LogP contribution < -0.4 is 16.0 Å². The standard InChI is InChI=1S/C68H112N6O39/c75-54(76)1-17-102-32-48(33-103-18-2-55(77)78)72(49(34-104-19-3-56(79)80)35-105-20-4-57(81)82)15-13-69-66(99)45-29-46(67(100)70-14-16-73(50(36-106-21-5-58(83)84)37-107-22-6-59(85)86)51(38-108-23-7-60(87)88)39-109-24-8-61(89)90)31-47(30-45)68(101)71-44-74(52(40-110-25-9-62(91)92)41-111-26-10-63(93)94)53(42-112-27-11-64(95)96)43-113-28-12-65(97)98/h45-53H,1-44H2,(H,69,99)(H,70,100)(H,71,101)(H,75,76)(H,77,78)(H,79,80)(H,81,82)(H,83,84)(H,85,86)(H,87,88)(H,89,90)(H,91,92)(H,93,94)(H,95,96)(H,97,98). The Morgan fingerprint density at radius 2 is 0.372 bits per heavy atom. The molecule has 0 spiro atoms. The first kappa shape index (κ1) is 102. The zero-order valence-electron chi connectivity index (χ0n) is 63.0. The Labute approximate surface area is 649 Å². The minimum Gasteiger partial charge on any atom is -0.481 e. The van der Waals surface area contributed by atoms with E-state index in [4.69, 9.17) is 56.8 Å². The fourth-order valence-electron chi connectivity index (χ4n) is 11.0. The van der Waals surface area contributed by atoms with Crippen LogP contribution in [0.25, 0.3) is 0 Å². The highest BCUT2D eigenvalue weighted by molar-refractivity contribution is 5.86. The van der Waals surface area contributed by atoms with Crippen molar-refractivity contribution in [2.45, 2.75) is 133 Å². The predicted octanol–water partition coefficient (Wildman–Crippen LogP) is -2.66. The number of hydrogen-bond acceptors (Lipinski definition) is 30. The highest BCUT2D eigenvalue weighted by atomic mass is 16.5. The van der Waals surface area contributed by atoms with Gasteiger partial charge in [-0.2, -0.15) is 0 Å². The molecule has 45 nitrogen and oxygen atoms in total. The van der Waals surface area contributed by atoms with E-state index in [0.29, 0.717) is 0 Å². The van der Waals surface area contributed by atoms with Gasteiger partial charge in [-0.05, 0) is 19.3 Å². The molecule has 1 aliphatic rings. The molecule has 2 atom stereocenters. The van der Waals surface area contributed by atoms with Crippen LogP contribution in [0.5, 0.6) is 0 Å². The summed E-state index contributed by atoms with van der Waals surface area (Å²) in [6, 6.07) is -6.02. The molecule has 648 valence electrons. The van der Waals surface area contributed by atoms with Gasteiger partial charge in [-0.3, -0.25) is 86.6 Å². The molecule has 0 heterocycles. The van der Waals surface area contributed by atoms with E-state index in [0.717, 1.165) is 0 Å². The van der Waals surface area contributed by atoms with Crippen LogP contribution in [0.3, 0.4) is 0 Å². The molecular weight excluding hydrogens is 1520 g/mol. The average Bonchev–Trinajstić information content (AvgIpc) is 0.823. The molecule has 0 aromatic rings. The maximum Gasteiger partial charge on any atom is 0.305 e. The molecule has 45 heteroatoms. The Balaban J connectivity index is 4.33. The Kier molecular flexibility index (Phi) is 57.0. The third kappa shape index (κ3) is 54.0. The molecule has 1 saturated carbocycles. The van der Waals surface area contributed by atoms with Gasteiger partial charge in [0.25, 0.3) is 0 Å². The summed E-state index contributed by atoms with van der Waals surface area (Å²) in [5.74, 6) is -20.9. The lowest BCUT2D eigenvalue weighted by molar-refractivity contribution is -0.141. The van der Waals surface area contributed by atoms with E-state index in [1.54, 1.807) is 9.80 Å². The minimum absolute atomic E-state index is 0.224. The van der Waals surface area contributed by atoms with Crippen LogP contribution in [0.15, 0.2) is 0 Å². The Morgan fingerprint density at radius 1 is 0.230 bits per heavy atom. The Bertz CT molecular complexity index is 2460. The minimum atomic E-state index is -1.28. The van der Waals surface area contributed by atoms with Crippen LogP contribution in [0.4, 0.5) is 0 Å². The van der Waals surface area contributed by atoms with Crippen molar-refractivity contribution in [2.75, 3.05) is 191 Å². The van der Waals surface area contributed by atoms with E-state index >= 15 is 4.79 Å². The van der Waals surface area contributed by atoms with Gasteiger partial charge in [-0.1, -0.05) is 0 Å². The lowest BCUT2D eigenvalue weighted by Crippen LogP contribution is -2.56. The first-order valence-corrected chi connectivity index (χ1v) is 36.4. The summed E-state index contributed by atoms with van der Waals surface area (Å²) in [6.45, 7) is -10.0.